The summed E-state index contributed by atoms with van der Waals surface area (Å²) in [5.74, 6) is -0.147. The van der Waals surface area contributed by atoms with E-state index in [2.05, 4.69) is 5.32 Å². The Morgan fingerprint density at radius 3 is 2.75 bits per heavy atom. The number of ether oxygens (including phenoxy) is 1. The van der Waals surface area contributed by atoms with E-state index < -0.39 is 5.97 Å². The van der Waals surface area contributed by atoms with E-state index >= 15 is 0 Å². The van der Waals surface area contributed by atoms with Crippen molar-refractivity contribution in [2.45, 2.75) is 40.2 Å². The lowest BCUT2D eigenvalue weighted by atomic mass is 10.1. The quantitative estimate of drug-likeness (QED) is 0.620. The second-order valence-electron chi connectivity index (χ2n) is 5.49. The van der Waals surface area contributed by atoms with Gasteiger partial charge in [0.1, 0.15) is 10.8 Å². The summed E-state index contributed by atoms with van der Waals surface area (Å²) in [7, 11) is 0. The highest BCUT2D eigenvalue weighted by atomic mass is 32.1. The van der Waals surface area contributed by atoms with Gasteiger partial charge in [0.15, 0.2) is 0 Å². The molecule has 2 heterocycles. The first-order valence-corrected chi connectivity index (χ1v) is 8.59. The highest BCUT2D eigenvalue weighted by Crippen LogP contribution is 2.34. The molecule has 0 aliphatic carbocycles. The van der Waals surface area contributed by atoms with Gasteiger partial charge < -0.3 is 14.5 Å². The number of anilines is 1. The number of rotatable bonds is 6. The summed E-state index contributed by atoms with van der Waals surface area (Å²) in [6, 6.07) is 3.49. The van der Waals surface area contributed by atoms with Crippen molar-refractivity contribution in [1.29, 1.82) is 0 Å². The molecule has 128 valence electrons. The number of carbonyl (C=O) groups excluding carboxylic acids is 2. The summed E-state index contributed by atoms with van der Waals surface area (Å²) in [5, 5.41) is 3.29. The molecule has 2 rings (SSSR count). The average molecular weight is 347 g/mol. The molecule has 2 aromatic heterocycles. The number of hydrogen-bond donors (Lipinski definition) is 1. The van der Waals surface area contributed by atoms with Crippen LogP contribution in [-0.4, -0.2) is 18.0 Å². The molecule has 0 bridgehead atoms. The Kier molecular flexibility index (Phi) is 5.98. The molecule has 0 radical (unpaired) electrons. The van der Waals surface area contributed by atoms with Gasteiger partial charge in [-0.1, -0.05) is 6.92 Å². The van der Waals surface area contributed by atoms with Crippen molar-refractivity contribution in [3.05, 3.63) is 46.2 Å². The Labute approximate surface area is 145 Å². The zero-order chi connectivity index (χ0) is 17.7. The van der Waals surface area contributed by atoms with Gasteiger partial charge in [0, 0.05) is 11.0 Å². The van der Waals surface area contributed by atoms with Crippen LogP contribution in [0.25, 0.3) is 6.08 Å². The predicted octanol–water partition coefficient (Wildman–Crippen LogP) is 4.43. The summed E-state index contributed by atoms with van der Waals surface area (Å²) in [6.07, 6.45) is 4.96. The molecule has 0 aliphatic rings. The fourth-order valence-electron chi connectivity index (χ4n) is 2.28. The molecule has 24 heavy (non-hydrogen) atoms. The molecule has 1 amide bonds. The minimum Gasteiger partial charge on any atom is -0.465 e. The van der Waals surface area contributed by atoms with E-state index in [9.17, 15) is 9.59 Å². The van der Waals surface area contributed by atoms with Gasteiger partial charge in [-0.2, -0.15) is 0 Å². The summed E-state index contributed by atoms with van der Waals surface area (Å²) in [4.78, 5) is 25.5. The van der Waals surface area contributed by atoms with E-state index in [-0.39, 0.29) is 12.0 Å². The van der Waals surface area contributed by atoms with Gasteiger partial charge in [0.05, 0.1) is 17.9 Å². The first-order valence-electron chi connectivity index (χ1n) is 7.78. The van der Waals surface area contributed by atoms with Crippen LogP contribution in [0.1, 0.15) is 47.3 Å². The summed E-state index contributed by atoms with van der Waals surface area (Å²) in [6.45, 7) is 7.51. The first kappa shape index (κ1) is 18.0. The molecule has 6 heteroatoms. The maximum atomic E-state index is 12.4. The Morgan fingerprint density at radius 1 is 1.42 bits per heavy atom. The molecule has 0 fully saturated rings. The highest BCUT2D eigenvalue weighted by Gasteiger charge is 2.23. The molecule has 0 atom stereocenters. The van der Waals surface area contributed by atoms with Crippen molar-refractivity contribution in [2.24, 2.45) is 0 Å². The van der Waals surface area contributed by atoms with Crippen molar-refractivity contribution in [1.82, 2.24) is 0 Å². The smallest absolute Gasteiger partial charge is 0.341 e. The number of carbonyl (C=O) groups is 2. The molecule has 0 saturated heterocycles. The van der Waals surface area contributed by atoms with Crippen LogP contribution in [0.3, 0.4) is 0 Å². The van der Waals surface area contributed by atoms with Gasteiger partial charge in [0.25, 0.3) is 0 Å². The van der Waals surface area contributed by atoms with Gasteiger partial charge in [-0.25, -0.2) is 4.79 Å². The predicted molar refractivity (Wildman–Crippen MR) is 95.4 cm³/mol. The van der Waals surface area contributed by atoms with Crippen molar-refractivity contribution in [3.63, 3.8) is 0 Å². The van der Waals surface area contributed by atoms with E-state index in [0.717, 1.165) is 10.4 Å². The van der Waals surface area contributed by atoms with Crippen LogP contribution in [0.4, 0.5) is 5.00 Å². The standard InChI is InChI=1S/C18H21NO4S/c1-5-14-12(4)24-17(16(14)18(21)23-11(2)3)19-15(20)9-8-13-7-6-10-22-13/h6-11H,5H2,1-4H3,(H,19,20). The van der Waals surface area contributed by atoms with Crippen LogP contribution >= 0.6 is 11.3 Å². The number of nitrogens with one attached hydrogen (secondary N) is 1. The van der Waals surface area contributed by atoms with E-state index in [4.69, 9.17) is 9.15 Å². The Balaban J connectivity index is 2.22. The number of hydrogen-bond acceptors (Lipinski definition) is 5. The van der Waals surface area contributed by atoms with E-state index in [1.54, 1.807) is 32.1 Å². The SMILES string of the molecule is CCc1c(C)sc(NC(=O)C=Cc2ccco2)c1C(=O)OC(C)C. The molecule has 2 aromatic rings. The molecular weight excluding hydrogens is 326 g/mol. The van der Waals surface area contributed by atoms with Gasteiger partial charge in [-0.05, 0) is 51.0 Å². The van der Waals surface area contributed by atoms with Crippen LogP contribution in [0, 0.1) is 6.92 Å². The van der Waals surface area contributed by atoms with Crippen molar-refractivity contribution >= 4 is 34.3 Å². The van der Waals surface area contributed by atoms with Crippen LogP contribution in [0.5, 0.6) is 0 Å². The third kappa shape index (κ3) is 4.35. The highest BCUT2D eigenvalue weighted by molar-refractivity contribution is 7.16. The maximum Gasteiger partial charge on any atom is 0.341 e. The second-order valence-corrected chi connectivity index (χ2v) is 6.71. The number of thiophene rings is 1. The van der Waals surface area contributed by atoms with Crippen LogP contribution in [-0.2, 0) is 16.0 Å². The van der Waals surface area contributed by atoms with Crippen LogP contribution in [0.2, 0.25) is 0 Å². The van der Waals surface area contributed by atoms with Crippen molar-refractivity contribution in [2.75, 3.05) is 5.32 Å². The molecular formula is C18H21NO4S. The normalized spacial score (nSPS) is 11.2. The summed E-state index contributed by atoms with van der Waals surface area (Å²) < 4.78 is 10.5. The molecule has 0 aliphatic heterocycles. The zero-order valence-electron chi connectivity index (χ0n) is 14.2. The van der Waals surface area contributed by atoms with Gasteiger partial charge in [-0.3, -0.25) is 4.79 Å². The maximum absolute atomic E-state index is 12.4. The third-order valence-electron chi connectivity index (χ3n) is 3.29. The number of esters is 1. The average Bonchev–Trinajstić information content (AvgIpc) is 3.11. The minimum absolute atomic E-state index is 0.218. The summed E-state index contributed by atoms with van der Waals surface area (Å²) in [5.41, 5.74) is 1.37. The number of aryl methyl sites for hydroxylation is 1. The minimum atomic E-state index is -0.406. The van der Waals surface area contributed by atoms with Crippen LogP contribution in [0.15, 0.2) is 28.9 Å². The monoisotopic (exact) mass is 347 g/mol. The van der Waals surface area contributed by atoms with E-state index in [1.807, 2.05) is 13.8 Å². The number of amides is 1. The van der Waals surface area contributed by atoms with Crippen molar-refractivity contribution in [3.8, 4) is 0 Å². The zero-order valence-corrected chi connectivity index (χ0v) is 15.0. The molecule has 0 aromatic carbocycles. The van der Waals surface area contributed by atoms with E-state index in [1.165, 1.54) is 23.7 Å². The molecule has 5 nitrogen and oxygen atoms in total. The Hall–Kier alpha value is -2.34. The van der Waals surface area contributed by atoms with Gasteiger partial charge >= 0.3 is 5.97 Å². The lowest BCUT2D eigenvalue weighted by Crippen LogP contribution is -2.16. The lowest BCUT2D eigenvalue weighted by Gasteiger charge is -2.10. The third-order valence-corrected chi connectivity index (χ3v) is 4.35. The lowest BCUT2D eigenvalue weighted by molar-refractivity contribution is -0.111. The van der Waals surface area contributed by atoms with E-state index in [0.29, 0.717) is 22.7 Å². The Morgan fingerprint density at radius 2 is 2.17 bits per heavy atom. The molecule has 1 N–H and O–H groups in total. The van der Waals surface area contributed by atoms with Crippen LogP contribution < -0.4 is 5.32 Å². The molecule has 0 spiro atoms. The molecule has 0 unspecified atom stereocenters. The second kappa shape index (κ2) is 7.97. The van der Waals surface area contributed by atoms with Gasteiger partial charge in [0.2, 0.25) is 5.91 Å². The largest absolute Gasteiger partial charge is 0.465 e. The molecule has 0 saturated carbocycles. The van der Waals surface area contributed by atoms with Gasteiger partial charge in [-0.15, -0.1) is 11.3 Å². The first-order chi connectivity index (χ1) is 11.4. The fourth-order valence-corrected chi connectivity index (χ4v) is 3.41. The summed E-state index contributed by atoms with van der Waals surface area (Å²) >= 11 is 1.38. The fraction of sp³-hybridized carbons (Fsp3) is 0.333. The van der Waals surface area contributed by atoms with Crippen molar-refractivity contribution < 1.29 is 18.7 Å². The topological polar surface area (TPSA) is 68.5 Å². The number of furan rings is 1. The Bertz CT molecular complexity index is 741.